The maximum atomic E-state index is 11.0. The van der Waals surface area contributed by atoms with Crippen LogP contribution in [0.4, 0.5) is 0 Å². The molecule has 0 bridgehead atoms. The van der Waals surface area contributed by atoms with Crippen LogP contribution in [0.5, 0.6) is 11.5 Å². The van der Waals surface area contributed by atoms with Crippen LogP contribution in [0.25, 0.3) is 0 Å². The van der Waals surface area contributed by atoms with E-state index in [-0.39, 0.29) is 11.7 Å². The molecule has 3 N–H and O–H groups in total. The van der Waals surface area contributed by atoms with E-state index in [1.165, 1.54) is 6.07 Å². The number of ether oxygens (including phenoxy) is 1. The first-order valence-electron chi connectivity index (χ1n) is 6.37. The van der Waals surface area contributed by atoms with E-state index in [1.807, 2.05) is 12.1 Å². The molecule has 0 aromatic heterocycles. The Morgan fingerprint density at radius 1 is 1.27 bits per heavy atom. The number of halogens is 1. The van der Waals surface area contributed by atoms with Gasteiger partial charge in [-0.2, -0.15) is 0 Å². The molecule has 2 rings (SSSR count). The molecule has 116 valence electrons. The molecule has 0 aliphatic heterocycles. The SMILES string of the molecule is CNC(=O)c1ccc(Br)cc1.COc1ccc(O)c(C=N)c1. The van der Waals surface area contributed by atoms with E-state index in [1.54, 1.807) is 38.4 Å². The lowest BCUT2D eigenvalue weighted by molar-refractivity contribution is 0.0963. The molecule has 0 aliphatic rings. The molecule has 0 fully saturated rings. The van der Waals surface area contributed by atoms with Gasteiger partial charge in [0.1, 0.15) is 11.5 Å². The van der Waals surface area contributed by atoms with Crippen LogP contribution < -0.4 is 10.1 Å². The van der Waals surface area contributed by atoms with Crippen molar-refractivity contribution in [3.8, 4) is 11.5 Å². The number of benzene rings is 2. The van der Waals surface area contributed by atoms with Gasteiger partial charge >= 0.3 is 0 Å². The summed E-state index contributed by atoms with van der Waals surface area (Å²) in [5, 5.41) is 18.6. The van der Waals surface area contributed by atoms with E-state index in [0.717, 1.165) is 10.7 Å². The topological polar surface area (TPSA) is 82.4 Å². The molecule has 0 spiro atoms. The quantitative estimate of drug-likeness (QED) is 0.731. The number of methoxy groups -OCH3 is 1. The standard InChI is InChI=1S/C8H8BrNO.C8H9NO2/c1-10-8(11)6-2-4-7(9)5-3-6;1-11-7-2-3-8(10)6(4-7)5-9/h2-5H,1H3,(H,10,11);2-5,9-10H,1H3. The molecule has 0 saturated heterocycles. The van der Waals surface area contributed by atoms with Crippen molar-refractivity contribution in [2.45, 2.75) is 0 Å². The van der Waals surface area contributed by atoms with Crippen molar-refractivity contribution < 1.29 is 14.6 Å². The molecule has 2 aromatic carbocycles. The molecule has 0 radical (unpaired) electrons. The number of nitrogens with one attached hydrogen (secondary N) is 2. The van der Waals surface area contributed by atoms with Crippen molar-refractivity contribution in [2.24, 2.45) is 0 Å². The highest BCUT2D eigenvalue weighted by atomic mass is 79.9. The van der Waals surface area contributed by atoms with Crippen molar-refractivity contribution in [2.75, 3.05) is 14.2 Å². The molecule has 1 amide bonds. The Labute approximate surface area is 137 Å². The number of carbonyl (C=O) groups excluding carboxylic acids is 1. The van der Waals surface area contributed by atoms with E-state index < -0.39 is 0 Å². The summed E-state index contributed by atoms with van der Waals surface area (Å²) in [6, 6.07) is 11.9. The normalized spacial score (nSPS) is 9.23. The van der Waals surface area contributed by atoms with E-state index in [2.05, 4.69) is 21.2 Å². The molecule has 0 aliphatic carbocycles. The fraction of sp³-hybridized carbons (Fsp3) is 0.125. The summed E-state index contributed by atoms with van der Waals surface area (Å²) in [6.07, 6.45) is 1.08. The minimum atomic E-state index is -0.0579. The number of rotatable bonds is 3. The number of hydrogen-bond acceptors (Lipinski definition) is 4. The van der Waals surface area contributed by atoms with Gasteiger partial charge in [0.15, 0.2) is 0 Å². The number of amides is 1. The lowest BCUT2D eigenvalue weighted by Gasteiger charge is -2.01. The zero-order valence-electron chi connectivity index (χ0n) is 12.3. The highest BCUT2D eigenvalue weighted by molar-refractivity contribution is 9.10. The van der Waals surface area contributed by atoms with Crippen molar-refractivity contribution in [3.05, 3.63) is 58.1 Å². The highest BCUT2D eigenvalue weighted by Crippen LogP contribution is 2.20. The molecule has 0 heterocycles. The summed E-state index contributed by atoms with van der Waals surface area (Å²) in [7, 11) is 3.16. The average molecular weight is 365 g/mol. The third-order valence-corrected chi connectivity index (χ3v) is 3.25. The highest BCUT2D eigenvalue weighted by Gasteiger charge is 2.00. The third-order valence-electron chi connectivity index (χ3n) is 2.72. The fourth-order valence-corrected chi connectivity index (χ4v) is 1.79. The smallest absolute Gasteiger partial charge is 0.251 e. The summed E-state index contributed by atoms with van der Waals surface area (Å²) in [5.74, 6) is 0.680. The molecule has 0 saturated carbocycles. The minimum Gasteiger partial charge on any atom is -0.507 e. The summed E-state index contributed by atoms with van der Waals surface area (Å²) in [6.45, 7) is 0. The molecular formula is C16H17BrN2O3. The maximum Gasteiger partial charge on any atom is 0.251 e. The van der Waals surface area contributed by atoms with Gasteiger partial charge in [0, 0.05) is 28.9 Å². The van der Waals surface area contributed by atoms with Gasteiger partial charge in [-0.05, 0) is 42.5 Å². The predicted octanol–water partition coefficient (Wildman–Crippen LogP) is 3.21. The van der Waals surface area contributed by atoms with Crippen LogP contribution in [0.1, 0.15) is 15.9 Å². The van der Waals surface area contributed by atoms with Gasteiger partial charge in [-0.1, -0.05) is 15.9 Å². The van der Waals surface area contributed by atoms with Gasteiger partial charge in [-0.3, -0.25) is 4.79 Å². The molecular weight excluding hydrogens is 348 g/mol. The average Bonchev–Trinajstić information content (AvgIpc) is 2.56. The van der Waals surface area contributed by atoms with Gasteiger partial charge in [0.2, 0.25) is 0 Å². The van der Waals surface area contributed by atoms with Gasteiger partial charge in [-0.15, -0.1) is 0 Å². The summed E-state index contributed by atoms with van der Waals surface area (Å²) in [4.78, 5) is 11.0. The molecule has 0 unspecified atom stereocenters. The monoisotopic (exact) mass is 364 g/mol. The Hall–Kier alpha value is -2.34. The zero-order chi connectivity index (χ0) is 16.5. The Morgan fingerprint density at radius 2 is 1.91 bits per heavy atom. The Bertz CT molecular complexity index is 642. The second kappa shape index (κ2) is 8.84. The van der Waals surface area contributed by atoms with Crippen LogP contribution >= 0.6 is 15.9 Å². The van der Waals surface area contributed by atoms with E-state index in [4.69, 9.17) is 15.3 Å². The van der Waals surface area contributed by atoms with Gasteiger partial charge in [-0.25, -0.2) is 0 Å². The Morgan fingerprint density at radius 3 is 2.41 bits per heavy atom. The second-order valence-corrected chi connectivity index (χ2v) is 5.07. The van der Waals surface area contributed by atoms with Crippen LogP contribution in [-0.2, 0) is 0 Å². The predicted molar refractivity (Wildman–Crippen MR) is 90.1 cm³/mol. The molecule has 0 atom stereocenters. The first-order valence-corrected chi connectivity index (χ1v) is 7.16. The van der Waals surface area contributed by atoms with Crippen molar-refractivity contribution >= 4 is 28.1 Å². The largest absolute Gasteiger partial charge is 0.507 e. The van der Waals surface area contributed by atoms with E-state index in [0.29, 0.717) is 16.9 Å². The molecule has 6 heteroatoms. The maximum absolute atomic E-state index is 11.0. The zero-order valence-corrected chi connectivity index (χ0v) is 13.8. The van der Waals surface area contributed by atoms with Crippen LogP contribution in [0.3, 0.4) is 0 Å². The lowest BCUT2D eigenvalue weighted by atomic mass is 10.2. The minimum absolute atomic E-state index is 0.0579. The van der Waals surface area contributed by atoms with Gasteiger partial charge < -0.3 is 20.6 Å². The Kier molecular flexibility index (Phi) is 7.12. The van der Waals surface area contributed by atoms with Gasteiger partial charge in [0.05, 0.1) is 7.11 Å². The second-order valence-electron chi connectivity index (χ2n) is 4.16. The summed E-state index contributed by atoms with van der Waals surface area (Å²) >= 11 is 3.28. The van der Waals surface area contributed by atoms with Crippen LogP contribution in [0.15, 0.2) is 46.9 Å². The fourth-order valence-electron chi connectivity index (χ4n) is 1.52. The van der Waals surface area contributed by atoms with Crippen molar-refractivity contribution in [1.82, 2.24) is 5.32 Å². The van der Waals surface area contributed by atoms with Crippen LogP contribution in [0, 0.1) is 5.41 Å². The number of aromatic hydroxyl groups is 1. The lowest BCUT2D eigenvalue weighted by Crippen LogP contribution is -2.17. The first-order chi connectivity index (χ1) is 10.5. The number of carbonyl (C=O) groups is 1. The van der Waals surface area contributed by atoms with Crippen molar-refractivity contribution in [1.29, 1.82) is 5.41 Å². The molecule has 2 aromatic rings. The van der Waals surface area contributed by atoms with Gasteiger partial charge in [0.25, 0.3) is 5.91 Å². The number of hydrogen-bond donors (Lipinski definition) is 3. The van der Waals surface area contributed by atoms with E-state index in [9.17, 15) is 4.79 Å². The summed E-state index contributed by atoms with van der Waals surface area (Å²) < 4.78 is 5.87. The Balaban J connectivity index is 0.000000220. The van der Waals surface area contributed by atoms with Crippen LogP contribution in [-0.4, -0.2) is 31.4 Å². The summed E-state index contributed by atoms with van der Waals surface area (Å²) in [5.41, 5.74) is 1.14. The van der Waals surface area contributed by atoms with E-state index >= 15 is 0 Å². The number of phenols is 1. The molecule has 22 heavy (non-hydrogen) atoms. The first kappa shape index (κ1) is 17.7. The van der Waals surface area contributed by atoms with Crippen LogP contribution in [0.2, 0.25) is 0 Å². The third kappa shape index (κ3) is 5.21. The van der Waals surface area contributed by atoms with Crippen molar-refractivity contribution in [3.63, 3.8) is 0 Å². The molecule has 5 nitrogen and oxygen atoms in total. The number of phenolic OH excluding ortho intramolecular Hbond substituents is 1.